The molecule has 0 aliphatic rings. The molecule has 0 fully saturated rings. The molecule has 3 aromatic heterocycles. The third-order valence-corrected chi connectivity index (χ3v) is 5.56. The highest BCUT2D eigenvalue weighted by Crippen LogP contribution is 2.31. The van der Waals surface area contributed by atoms with Gasteiger partial charge in [-0.25, -0.2) is 9.37 Å². The van der Waals surface area contributed by atoms with Crippen LogP contribution in [0.25, 0.3) is 22.0 Å². The fourth-order valence-corrected chi connectivity index (χ4v) is 3.64. The highest BCUT2D eigenvalue weighted by atomic mass is 19.1. The molecule has 164 valence electrons. The first-order chi connectivity index (χ1) is 15.4. The number of nitrogens with zero attached hydrogens (tertiary/aromatic N) is 4. The number of aromatic nitrogens is 4. The molecule has 1 aromatic carbocycles. The Morgan fingerprint density at radius 2 is 2.06 bits per heavy atom. The summed E-state index contributed by atoms with van der Waals surface area (Å²) in [5.41, 5.74) is 4.09. The predicted octanol–water partition coefficient (Wildman–Crippen LogP) is 4.70. The summed E-state index contributed by atoms with van der Waals surface area (Å²) in [7, 11) is 1.72. The summed E-state index contributed by atoms with van der Waals surface area (Å²) in [4.78, 5) is 23.8. The zero-order valence-electron chi connectivity index (χ0n) is 18.4. The summed E-state index contributed by atoms with van der Waals surface area (Å²) in [6.45, 7) is 6.04. The molecule has 0 saturated carbocycles. The van der Waals surface area contributed by atoms with Crippen LogP contribution in [0.3, 0.4) is 0 Å². The molecule has 0 aliphatic carbocycles. The Balaban J connectivity index is 1.66. The van der Waals surface area contributed by atoms with Gasteiger partial charge in [-0.15, -0.1) is 0 Å². The van der Waals surface area contributed by atoms with Gasteiger partial charge in [0.2, 0.25) is 5.88 Å². The number of rotatable bonds is 6. The number of aromatic amines is 1. The number of benzene rings is 1. The van der Waals surface area contributed by atoms with Crippen molar-refractivity contribution in [2.24, 2.45) is 0 Å². The molecule has 1 N–H and O–H groups in total. The van der Waals surface area contributed by atoms with Crippen molar-refractivity contribution in [2.75, 3.05) is 13.7 Å². The number of hydrogen-bond donors (Lipinski definition) is 1. The van der Waals surface area contributed by atoms with E-state index in [4.69, 9.17) is 4.74 Å². The lowest BCUT2D eigenvalue weighted by Crippen LogP contribution is -2.30. The van der Waals surface area contributed by atoms with Gasteiger partial charge >= 0.3 is 0 Å². The van der Waals surface area contributed by atoms with E-state index in [0.29, 0.717) is 17.7 Å². The second-order valence-electron chi connectivity index (χ2n) is 7.54. The maximum Gasteiger partial charge on any atom is 0.272 e. The highest BCUT2D eigenvalue weighted by Gasteiger charge is 2.24. The SMILES string of the molecule is CCOc1nc(C(=O)N(C)[C@H](C)c2cnc(C)c3cn[nH]c23)ccc1-c1cccc(F)c1. The third-order valence-electron chi connectivity index (χ3n) is 5.56. The number of fused-ring (bicyclic) bond motifs is 1. The Hall–Kier alpha value is -3.81. The van der Waals surface area contributed by atoms with Gasteiger partial charge in [0.25, 0.3) is 5.91 Å². The van der Waals surface area contributed by atoms with Crippen molar-refractivity contribution in [3.63, 3.8) is 0 Å². The van der Waals surface area contributed by atoms with Crippen LogP contribution in [0.5, 0.6) is 5.88 Å². The van der Waals surface area contributed by atoms with Crippen molar-refractivity contribution < 1.29 is 13.9 Å². The summed E-state index contributed by atoms with van der Waals surface area (Å²) < 4.78 is 19.4. The molecule has 32 heavy (non-hydrogen) atoms. The Morgan fingerprint density at radius 3 is 2.81 bits per heavy atom. The molecule has 0 saturated heterocycles. The molecule has 3 heterocycles. The minimum absolute atomic E-state index is 0.240. The smallest absolute Gasteiger partial charge is 0.272 e. The number of amides is 1. The van der Waals surface area contributed by atoms with Crippen LogP contribution in [0, 0.1) is 12.7 Å². The minimum atomic E-state index is -0.351. The number of H-pyrrole nitrogens is 1. The van der Waals surface area contributed by atoms with Gasteiger partial charge in [0.1, 0.15) is 11.5 Å². The van der Waals surface area contributed by atoms with Crippen LogP contribution >= 0.6 is 0 Å². The summed E-state index contributed by atoms with van der Waals surface area (Å²) in [6, 6.07) is 9.28. The molecular formula is C24H24FN5O2. The molecule has 1 amide bonds. The largest absolute Gasteiger partial charge is 0.478 e. The van der Waals surface area contributed by atoms with Crippen LogP contribution in [0.4, 0.5) is 4.39 Å². The van der Waals surface area contributed by atoms with Crippen molar-refractivity contribution in [3.8, 4) is 17.0 Å². The fraction of sp³-hybridized carbons (Fsp3) is 0.250. The zero-order chi connectivity index (χ0) is 22.8. The van der Waals surface area contributed by atoms with Crippen molar-refractivity contribution in [1.29, 1.82) is 0 Å². The standard InChI is InChI=1S/C24H24FN5O2/c1-5-32-23-18(16-7-6-8-17(25)11-16)9-10-21(28-23)24(31)30(4)15(3)20-12-26-14(2)19-13-27-29-22(19)20/h6-13,15H,5H2,1-4H3,(H,27,29)/t15-/m1/s1. The number of pyridine rings is 2. The van der Waals surface area contributed by atoms with Crippen LogP contribution in [0.1, 0.15) is 41.6 Å². The molecule has 1 atom stereocenters. The summed E-state index contributed by atoms with van der Waals surface area (Å²) in [6.07, 6.45) is 3.49. The van der Waals surface area contributed by atoms with E-state index in [1.54, 1.807) is 48.6 Å². The summed E-state index contributed by atoms with van der Waals surface area (Å²) in [5.74, 6) is -0.328. The molecule has 0 bridgehead atoms. The molecule has 0 aliphatic heterocycles. The van der Waals surface area contributed by atoms with Crippen LogP contribution in [-0.2, 0) is 0 Å². The van der Waals surface area contributed by atoms with Crippen LogP contribution in [-0.4, -0.2) is 44.6 Å². The highest BCUT2D eigenvalue weighted by molar-refractivity contribution is 5.94. The van der Waals surface area contributed by atoms with Crippen molar-refractivity contribution >= 4 is 16.8 Å². The van der Waals surface area contributed by atoms with Gasteiger partial charge in [0.15, 0.2) is 0 Å². The number of ether oxygens (including phenoxy) is 1. The fourth-order valence-electron chi connectivity index (χ4n) is 3.64. The zero-order valence-corrected chi connectivity index (χ0v) is 18.4. The Kier molecular flexibility index (Phi) is 5.85. The van der Waals surface area contributed by atoms with Crippen LogP contribution < -0.4 is 4.74 Å². The first kappa shape index (κ1) is 21.4. The summed E-state index contributed by atoms with van der Waals surface area (Å²) in [5, 5.41) is 8.05. The molecule has 8 heteroatoms. The molecule has 7 nitrogen and oxygen atoms in total. The third kappa shape index (κ3) is 3.91. The average molecular weight is 433 g/mol. The van der Waals surface area contributed by atoms with Gasteiger partial charge < -0.3 is 9.64 Å². The van der Waals surface area contributed by atoms with E-state index in [0.717, 1.165) is 22.2 Å². The van der Waals surface area contributed by atoms with Crippen molar-refractivity contribution in [1.82, 2.24) is 25.1 Å². The summed E-state index contributed by atoms with van der Waals surface area (Å²) >= 11 is 0. The van der Waals surface area contributed by atoms with Crippen LogP contribution in [0.2, 0.25) is 0 Å². The lowest BCUT2D eigenvalue weighted by molar-refractivity contribution is 0.0736. The van der Waals surface area contributed by atoms with Gasteiger partial charge in [0, 0.05) is 35.5 Å². The number of halogens is 1. The predicted molar refractivity (Wildman–Crippen MR) is 120 cm³/mol. The van der Waals surface area contributed by atoms with E-state index in [1.165, 1.54) is 12.1 Å². The first-order valence-corrected chi connectivity index (χ1v) is 10.4. The number of carbonyl (C=O) groups excluding carboxylic acids is 1. The lowest BCUT2D eigenvalue weighted by Gasteiger charge is -2.25. The number of hydrogen-bond acceptors (Lipinski definition) is 5. The van der Waals surface area contributed by atoms with Gasteiger partial charge in [-0.2, -0.15) is 5.10 Å². The minimum Gasteiger partial charge on any atom is -0.478 e. The van der Waals surface area contributed by atoms with E-state index < -0.39 is 0 Å². The molecule has 4 rings (SSSR count). The van der Waals surface area contributed by atoms with E-state index >= 15 is 0 Å². The normalized spacial score (nSPS) is 12.0. The Labute approximate surface area is 185 Å². The quantitative estimate of drug-likeness (QED) is 0.477. The van der Waals surface area contributed by atoms with Crippen molar-refractivity contribution in [3.05, 3.63) is 71.6 Å². The molecular weight excluding hydrogens is 409 g/mol. The number of aryl methyl sites for hydroxylation is 1. The Morgan fingerprint density at radius 1 is 1.25 bits per heavy atom. The molecule has 0 unspecified atom stereocenters. The topological polar surface area (TPSA) is 84.0 Å². The first-order valence-electron chi connectivity index (χ1n) is 10.4. The van der Waals surface area contributed by atoms with E-state index in [2.05, 4.69) is 20.2 Å². The average Bonchev–Trinajstić information content (AvgIpc) is 3.29. The van der Waals surface area contributed by atoms with Crippen molar-refractivity contribution in [2.45, 2.75) is 26.8 Å². The van der Waals surface area contributed by atoms with Crippen LogP contribution in [0.15, 0.2) is 48.8 Å². The maximum absolute atomic E-state index is 13.7. The van der Waals surface area contributed by atoms with E-state index in [-0.39, 0.29) is 29.3 Å². The number of carbonyl (C=O) groups is 1. The maximum atomic E-state index is 13.7. The monoisotopic (exact) mass is 433 g/mol. The lowest BCUT2D eigenvalue weighted by atomic mass is 10.0. The van der Waals surface area contributed by atoms with Gasteiger partial charge in [-0.05, 0) is 50.6 Å². The Bertz CT molecular complexity index is 1290. The number of nitrogens with one attached hydrogen (secondary N) is 1. The van der Waals surface area contributed by atoms with Gasteiger partial charge in [-0.3, -0.25) is 14.9 Å². The molecule has 4 aromatic rings. The van der Waals surface area contributed by atoms with Gasteiger partial charge in [0.05, 0.1) is 24.4 Å². The van der Waals surface area contributed by atoms with E-state index in [1.807, 2.05) is 20.8 Å². The second-order valence-corrected chi connectivity index (χ2v) is 7.54. The van der Waals surface area contributed by atoms with Gasteiger partial charge in [-0.1, -0.05) is 12.1 Å². The molecule has 0 radical (unpaired) electrons. The second kappa shape index (κ2) is 8.74. The van der Waals surface area contributed by atoms with E-state index in [9.17, 15) is 9.18 Å². The molecule has 0 spiro atoms.